The molecule has 2 fully saturated rings. The number of rotatable bonds is 1. The topological polar surface area (TPSA) is 47.6 Å². The molecule has 0 saturated carbocycles. The zero-order valence-corrected chi connectivity index (χ0v) is 11.1. The number of likely N-dealkylation sites (N-methyl/N-ethyl adjacent to an activating group) is 1. The molecule has 2 rings (SSSR count). The van der Waals surface area contributed by atoms with E-state index in [0.717, 1.165) is 32.7 Å². The lowest BCUT2D eigenvalue weighted by Crippen LogP contribution is -2.63. The van der Waals surface area contributed by atoms with Crippen molar-refractivity contribution in [2.24, 2.45) is 0 Å². The highest BCUT2D eigenvalue weighted by Gasteiger charge is 2.32. The first-order chi connectivity index (χ1) is 8.08. The molecule has 5 nitrogen and oxygen atoms in total. The van der Waals surface area contributed by atoms with Crippen LogP contribution >= 0.6 is 0 Å². The van der Waals surface area contributed by atoms with Crippen LogP contribution in [0.2, 0.25) is 0 Å². The first-order valence-electron chi connectivity index (χ1n) is 6.53. The summed E-state index contributed by atoms with van der Waals surface area (Å²) in [7, 11) is 2.11. The van der Waals surface area contributed by atoms with E-state index in [0.29, 0.717) is 12.1 Å². The molecule has 0 radical (unpaired) electrons. The van der Waals surface area contributed by atoms with Gasteiger partial charge in [0.05, 0.1) is 6.04 Å². The Morgan fingerprint density at radius 3 is 2.53 bits per heavy atom. The third-order valence-corrected chi connectivity index (χ3v) is 3.75. The van der Waals surface area contributed by atoms with Crippen molar-refractivity contribution in [2.45, 2.75) is 32.0 Å². The molecular formula is C12H24N4O. The lowest BCUT2D eigenvalue weighted by atomic mass is 10.1. The molecule has 2 saturated heterocycles. The van der Waals surface area contributed by atoms with Gasteiger partial charge in [0.15, 0.2) is 0 Å². The second-order valence-electron chi connectivity index (χ2n) is 5.41. The molecule has 5 heteroatoms. The largest absolute Gasteiger partial charge is 0.336 e. The predicted octanol–water partition coefficient (Wildman–Crippen LogP) is -0.901. The minimum absolute atomic E-state index is 0.0444. The van der Waals surface area contributed by atoms with E-state index < -0.39 is 0 Å². The fourth-order valence-electron chi connectivity index (χ4n) is 2.62. The maximum Gasteiger partial charge on any atom is 0.241 e. The van der Waals surface area contributed by atoms with Gasteiger partial charge in [-0.05, 0) is 20.9 Å². The molecule has 1 amide bonds. The number of hydrogen-bond acceptors (Lipinski definition) is 4. The summed E-state index contributed by atoms with van der Waals surface area (Å²) in [6, 6.07) is 0.739. The zero-order valence-electron chi connectivity index (χ0n) is 11.1. The maximum atomic E-state index is 12.4. The minimum Gasteiger partial charge on any atom is -0.336 e. The first kappa shape index (κ1) is 12.8. The summed E-state index contributed by atoms with van der Waals surface area (Å²) in [5, 5.41) is 6.69. The number of amides is 1. The van der Waals surface area contributed by atoms with Crippen molar-refractivity contribution >= 4 is 5.91 Å². The van der Waals surface area contributed by atoms with Crippen molar-refractivity contribution < 1.29 is 4.79 Å². The van der Waals surface area contributed by atoms with Gasteiger partial charge in [-0.15, -0.1) is 0 Å². The minimum atomic E-state index is -0.0444. The fourth-order valence-corrected chi connectivity index (χ4v) is 2.62. The zero-order chi connectivity index (χ0) is 12.4. The summed E-state index contributed by atoms with van der Waals surface area (Å²) in [6.45, 7) is 8.69. The molecule has 0 bridgehead atoms. The molecule has 2 aliphatic heterocycles. The molecule has 3 unspecified atom stereocenters. The molecule has 2 heterocycles. The van der Waals surface area contributed by atoms with Crippen LogP contribution in [0.1, 0.15) is 13.8 Å². The Kier molecular flexibility index (Phi) is 4.01. The van der Waals surface area contributed by atoms with Gasteiger partial charge in [0, 0.05) is 44.8 Å². The van der Waals surface area contributed by atoms with Crippen LogP contribution in [0.15, 0.2) is 0 Å². The summed E-state index contributed by atoms with van der Waals surface area (Å²) >= 11 is 0. The van der Waals surface area contributed by atoms with Crippen molar-refractivity contribution in [1.82, 2.24) is 20.4 Å². The van der Waals surface area contributed by atoms with Gasteiger partial charge in [0.25, 0.3) is 0 Å². The van der Waals surface area contributed by atoms with Gasteiger partial charge in [-0.25, -0.2) is 0 Å². The van der Waals surface area contributed by atoms with E-state index in [2.05, 4.69) is 36.4 Å². The molecule has 0 aromatic rings. The van der Waals surface area contributed by atoms with E-state index in [1.165, 1.54) is 0 Å². The second kappa shape index (κ2) is 5.33. The number of nitrogens with zero attached hydrogens (tertiary/aromatic N) is 2. The van der Waals surface area contributed by atoms with Crippen molar-refractivity contribution in [3.8, 4) is 0 Å². The third-order valence-electron chi connectivity index (χ3n) is 3.75. The molecule has 98 valence electrons. The van der Waals surface area contributed by atoms with Gasteiger partial charge < -0.3 is 20.4 Å². The van der Waals surface area contributed by atoms with Crippen LogP contribution < -0.4 is 10.6 Å². The monoisotopic (exact) mass is 240 g/mol. The van der Waals surface area contributed by atoms with E-state index >= 15 is 0 Å². The normalized spacial score (nSPS) is 35.9. The average Bonchev–Trinajstić information content (AvgIpc) is 2.29. The first-order valence-corrected chi connectivity index (χ1v) is 6.53. The number of hydrogen-bond donors (Lipinski definition) is 2. The Morgan fingerprint density at radius 1 is 1.18 bits per heavy atom. The molecule has 2 aliphatic rings. The van der Waals surface area contributed by atoms with Crippen LogP contribution in [0.5, 0.6) is 0 Å². The molecule has 3 atom stereocenters. The Bertz CT molecular complexity index is 276. The fraction of sp³-hybridized carbons (Fsp3) is 0.917. The lowest BCUT2D eigenvalue weighted by molar-refractivity contribution is -0.138. The quantitative estimate of drug-likeness (QED) is 0.623. The van der Waals surface area contributed by atoms with Crippen LogP contribution in [0.25, 0.3) is 0 Å². The second-order valence-corrected chi connectivity index (χ2v) is 5.41. The highest BCUT2D eigenvalue weighted by Crippen LogP contribution is 2.10. The Hall–Kier alpha value is -0.650. The standard InChI is InChI=1S/C12H24N4O/c1-9-6-14-11(7-13-9)12(17)16-5-4-15(3)8-10(16)2/h9-11,13-14H,4-8H2,1-3H3. The predicted molar refractivity (Wildman–Crippen MR) is 67.9 cm³/mol. The summed E-state index contributed by atoms with van der Waals surface area (Å²) in [5.74, 6) is 0.255. The third kappa shape index (κ3) is 2.97. The molecule has 0 aliphatic carbocycles. The smallest absolute Gasteiger partial charge is 0.241 e. The van der Waals surface area contributed by atoms with E-state index in [-0.39, 0.29) is 11.9 Å². The van der Waals surface area contributed by atoms with E-state index in [1.54, 1.807) is 0 Å². The van der Waals surface area contributed by atoms with Crippen LogP contribution in [-0.2, 0) is 4.79 Å². The van der Waals surface area contributed by atoms with Crippen molar-refractivity contribution in [1.29, 1.82) is 0 Å². The van der Waals surface area contributed by atoms with Crippen LogP contribution in [0.4, 0.5) is 0 Å². The molecule has 0 aromatic carbocycles. The molecule has 17 heavy (non-hydrogen) atoms. The van der Waals surface area contributed by atoms with Crippen LogP contribution in [-0.4, -0.2) is 73.6 Å². The van der Waals surface area contributed by atoms with Gasteiger partial charge in [-0.1, -0.05) is 0 Å². The summed E-state index contributed by atoms with van der Waals surface area (Å²) < 4.78 is 0. The van der Waals surface area contributed by atoms with Gasteiger partial charge in [0.2, 0.25) is 5.91 Å². The summed E-state index contributed by atoms with van der Waals surface area (Å²) in [5.41, 5.74) is 0. The number of piperazine rings is 2. The lowest BCUT2D eigenvalue weighted by Gasteiger charge is -2.41. The van der Waals surface area contributed by atoms with E-state index in [9.17, 15) is 4.79 Å². The molecule has 0 spiro atoms. The summed E-state index contributed by atoms with van der Waals surface area (Å²) in [4.78, 5) is 16.7. The molecule has 0 aromatic heterocycles. The number of carbonyl (C=O) groups is 1. The Labute approximate surface area is 104 Å². The van der Waals surface area contributed by atoms with Gasteiger partial charge >= 0.3 is 0 Å². The van der Waals surface area contributed by atoms with Gasteiger partial charge in [-0.3, -0.25) is 4.79 Å². The van der Waals surface area contributed by atoms with Gasteiger partial charge in [-0.2, -0.15) is 0 Å². The van der Waals surface area contributed by atoms with E-state index in [1.807, 2.05) is 4.90 Å². The highest BCUT2D eigenvalue weighted by atomic mass is 16.2. The molecule has 2 N–H and O–H groups in total. The van der Waals surface area contributed by atoms with Gasteiger partial charge in [0.1, 0.15) is 0 Å². The Balaban J connectivity index is 1.91. The highest BCUT2D eigenvalue weighted by molar-refractivity contribution is 5.82. The summed E-state index contributed by atoms with van der Waals surface area (Å²) in [6.07, 6.45) is 0. The van der Waals surface area contributed by atoms with E-state index in [4.69, 9.17) is 0 Å². The number of carbonyl (C=O) groups excluding carboxylic acids is 1. The van der Waals surface area contributed by atoms with Crippen molar-refractivity contribution in [3.05, 3.63) is 0 Å². The SMILES string of the molecule is CC1CNC(C(=O)N2CCN(C)CC2C)CN1. The number of nitrogens with one attached hydrogen (secondary N) is 2. The molecular weight excluding hydrogens is 216 g/mol. The van der Waals surface area contributed by atoms with Crippen LogP contribution in [0.3, 0.4) is 0 Å². The Morgan fingerprint density at radius 2 is 1.94 bits per heavy atom. The van der Waals surface area contributed by atoms with Crippen LogP contribution in [0, 0.1) is 0 Å². The van der Waals surface area contributed by atoms with Crippen molar-refractivity contribution in [3.63, 3.8) is 0 Å². The van der Waals surface area contributed by atoms with Crippen molar-refractivity contribution in [2.75, 3.05) is 39.8 Å². The maximum absolute atomic E-state index is 12.4. The average molecular weight is 240 g/mol.